The minimum atomic E-state index is -0.157. The minimum Gasteiger partial charge on any atom is -0.333 e. The molecule has 1 heterocycles. The lowest BCUT2D eigenvalue weighted by Gasteiger charge is -2.18. The van der Waals surface area contributed by atoms with Crippen molar-refractivity contribution in [1.82, 2.24) is 10.2 Å². The molecule has 0 radical (unpaired) electrons. The highest BCUT2D eigenvalue weighted by Crippen LogP contribution is 2.26. The number of carbonyl (C=O) groups excluding carboxylic acids is 1. The van der Waals surface area contributed by atoms with Crippen LogP contribution in [0, 0.1) is 0 Å². The number of nitrogens with one attached hydrogen (secondary N) is 1. The second-order valence-corrected chi connectivity index (χ2v) is 7.16. The van der Waals surface area contributed by atoms with Crippen LogP contribution in [0.5, 0.6) is 0 Å². The molecule has 2 amide bonds. The van der Waals surface area contributed by atoms with Crippen LogP contribution in [0.15, 0.2) is 34.1 Å². The number of thiophene rings is 1. The molecule has 3 nitrogen and oxygen atoms in total. The molecule has 0 saturated carbocycles. The van der Waals surface area contributed by atoms with Crippen LogP contribution in [0.4, 0.5) is 4.79 Å². The summed E-state index contributed by atoms with van der Waals surface area (Å²) >= 11 is 17.1. The first-order chi connectivity index (χ1) is 9.97. The number of benzene rings is 1. The number of urea groups is 1. The third-order valence-corrected chi connectivity index (χ3v) is 5.38. The molecule has 2 aromatic rings. The molecular formula is C14H13BrCl2N2OS. The molecule has 2 rings (SSSR count). The van der Waals surface area contributed by atoms with E-state index in [9.17, 15) is 4.79 Å². The van der Waals surface area contributed by atoms with Crippen LogP contribution in [0.25, 0.3) is 0 Å². The van der Waals surface area contributed by atoms with E-state index < -0.39 is 0 Å². The summed E-state index contributed by atoms with van der Waals surface area (Å²) in [6.45, 7) is 0.905. The minimum absolute atomic E-state index is 0.157. The van der Waals surface area contributed by atoms with Crippen LogP contribution in [-0.4, -0.2) is 18.0 Å². The van der Waals surface area contributed by atoms with Crippen molar-refractivity contribution in [2.75, 3.05) is 7.05 Å². The molecule has 1 aromatic carbocycles. The average Bonchev–Trinajstić information content (AvgIpc) is 2.87. The Morgan fingerprint density at radius 2 is 2.19 bits per heavy atom. The Morgan fingerprint density at radius 1 is 1.43 bits per heavy atom. The molecule has 1 aromatic heterocycles. The quantitative estimate of drug-likeness (QED) is 0.745. The Balaban J connectivity index is 1.92. The maximum Gasteiger partial charge on any atom is 0.317 e. The van der Waals surface area contributed by atoms with Crippen LogP contribution in [0.1, 0.15) is 10.4 Å². The Labute approximate surface area is 146 Å². The van der Waals surface area contributed by atoms with Crippen molar-refractivity contribution in [1.29, 1.82) is 0 Å². The number of hydrogen-bond acceptors (Lipinski definition) is 2. The molecule has 0 aliphatic rings. The largest absolute Gasteiger partial charge is 0.333 e. The summed E-state index contributed by atoms with van der Waals surface area (Å²) in [6, 6.07) is 7.23. The van der Waals surface area contributed by atoms with Gasteiger partial charge in [0.1, 0.15) is 0 Å². The number of halogens is 3. The van der Waals surface area contributed by atoms with Gasteiger partial charge in [-0.05, 0) is 33.6 Å². The van der Waals surface area contributed by atoms with Crippen LogP contribution >= 0.6 is 50.5 Å². The predicted octanol–water partition coefficient (Wildman–Crippen LogP) is 5.16. The summed E-state index contributed by atoms with van der Waals surface area (Å²) in [5.74, 6) is 0. The van der Waals surface area contributed by atoms with Gasteiger partial charge in [0.2, 0.25) is 0 Å². The van der Waals surface area contributed by atoms with Gasteiger partial charge in [-0.2, -0.15) is 0 Å². The zero-order valence-electron chi connectivity index (χ0n) is 11.2. The van der Waals surface area contributed by atoms with Gasteiger partial charge >= 0.3 is 6.03 Å². The van der Waals surface area contributed by atoms with Gasteiger partial charge in [-0.3, -0.25) is 0 Å². The molecule has 1 N–H and O–H groups in total. The van der Waals surface area contributed by atoms with Crippen molar-refractivity contribution >= 4 is 56.5 Å². The van der Waals surface area contributed by atoms with E-state index in [1.54, 1.807) is 29.4 Å². The standard InChI is InChI=1S/C14H13BrCl2N2OS/c1-19(7-9-3-2-4-12(16)13(9)17)14(20)18-6-11-5-10(15)8-21-11/h2-5,8H,6-7H2,1H3,(H,18,20). The average molecular weight is 408 g/mol. The molecular weight excluding hydrogens is 395 g/mol. The number of hydrogen-bond donors (Lipinski definition) is 1. The molecule has 0 unspecified atom stereocenters. The van der Waals surface area contributed by atoms with Crippen molar-refractivity contribution in [3.05, 3.63) is 54.6 Å². The molecule has 0 aliphatic heterocycles. The van der Waals surface area contributed by atoms with Crippen molar-refractivity contribution < 1.29 is 4.79 Å². The smallest absolute Gasteiger partial charge is 0.317 e. The molecule has 0 aliphatic carbocycles. The molecule has 0 atom stereocenters. The maximum atomic E-state index is 12.1. The highest BCUT2D eigenvalue weighted by Gasteiger charge is 2.12. The summed E-state index contributed by atoms with van der Waals surface area (Å²) in [6.07, 6.45) is 0. The summed E-state index contributed by atoms with van der Waals surface area (Å²) in [4.78, 5) is 14.7. The van der Waals surface area contributed by atoms with Crippen LogP contribution in [-0.2, 0) is 13.1 Å². The molecule has 0 bridgehead atoms. The van der Waals surface area contributed by atoms with Gasteiger partial charge in [-0.1, -0.05) is 35.3 Å². The second-order valence-electron chi connectivity index (χ2n) is 4.46. The van der Waals surface area contributed by atoms with Gasteiger partial charge in [-0.15, -0.1) is 11.3 Å². The zero-order chi connectivity index (χ0) is 15.4. The van der Waals surface area contributed by atoms with Crippen LogP contribution in [0.3, 0.4) is 0 Å². The Bertz CT molecular complexity index is 648. The van der Waals surface area contributed by atoms with Crippen molar-refractivity contribution in [2.24, 2.45) is 0 Å². The fraction of sp³-hybridized carbons (Fsp3) is 0.214. The van der Waals surface area contributed by atoms with Gasteiger partial charge in [-0.25, -0.2) is 4.79 Å². The summed E-state index contributed by atoms with van der Waals surface area (Å²) in [5, 5.41) is 5.83. The zero-order valence-corrected chi connectivity index (χ0v) is 15.1. The Hall–Kier alpha value is -0.750. The first-order valence-corrected chi connectivity index (χ1v) is 8.55. The SMILES string of the molecule is CN(Cc1cccc(Cl)c1Cl)C(=O)NCc1cc(Br)cs1. The molecule has 0 saturated heterocycles. The predicted molar refractivity (Wildman–Crippen MR) is 92.2 cm³/mol. The highest BCUT2D eigenvalue weighted by atomic mass is 79.9. The van der Waals surface area contributed by atoms with Crippen molar-refractivity contribution in [3.8, 4) is 0 Å². The van der Waals surface area contributed by atoms with E-state index in [-0.39, 0.29) is 6.03 Å². The van der Waals surface area contributed by atoms with Gasteiger partial charge in [0, 0.05) is 28.3 Å². The molecule has 0 spiro atoms. The second kappa shape index (κ2) is 7.49. The molecule has 0 fully saturated rings. The van der Waals surface area contributed by atoms with Crippen molar-refractivity contribution in [2.45, 2.75) is 13.1 Å². The fourth-order valence-electron chi connectivity index (χ4n) is 1.74. The third-order valence-electron chi connectivity index (χ3n) is 2.82. The van der Waals surface area contributed by atoms with Gasteiger partial charge < -0.3 is 10.2 Å². The van der Waals surface area contributed by atoms with E-state index in [2.05, 4.69) is 21.2 Å². The normalized spacial score (nSPS) is 10.5. The fourth-order valence-corrected chi connectivity index (χ4v) is 3.51. The van der Waals surface area contributed by atoms with E-state index in [0.29, 0.717) is 23.1 Å². The van der Waals surface area contributed by atoms with E-state index in [1.165, 1.54) is 0 Å². The van der Waals surface area contributed by atoms with E-state index in [4.69, 9.17) is 23.2 Å². The Morgan fingerprint density at radius 3 is 2.86 bits per heavy atom. The topological polar surface area (TPSA) is 32.3 Å². The first-order valence-electron chi connectivity index (χ1n) is 6.12. The van der Waals surface area contributed by atoms with Gasteiger partial charge in [0.15, 0.2) is 0 Å². The number of amides is 2. The molecule has 21 heavy (non-hydrogen) atoms. The first kappa shape index (κ1) is 16.6. The summed E-state index contributed by atoms with van der Waals surface area (Å²) in [5.41, 5.74) is 0.820. The Kier molecular flexibility index (Phi) is 5.93. The number of rotatable bonds is 4. The van der Waals surface area contributed by atoms with Crippen molar-refractivity contribution in [3.63, 3.8) is 0 Å². The lowest BCUT2D eigenvalue weighted by molar-refractivity contribution is 0.206. The summed E-state index contributed by atoms with van der Waals surface area (Å²) in [7, 11) is 1.72. The molecule has 7 heteroatoms. The third kappa shape index (κ3) is 4.61. The van der Waals surface area contributed by atoms with E-state index in [1.807, 2.05) is 23.6 Å². The van der Waals surface area contributed by atoms with Gasteiger partial charge in [0.25, 0.3) is 0 Å². The lowest BCUT2D eigenvalue weighted by atomic mass is 10.2. The maximum absolute atomic E-state index is 12.1. The van der Waals surface area contributed by atoms with Crippen LogP contribution < -0.4 is 5.32 Å². The van der Waals surface area contributed by atoms with E-state index in [0.717, 1.165) is 14.9 Å². The number of carbonyl (C=O) groups is 1. The highest BCUT2D eigenvalue weighted by molar-refractivity contribution is 9.10. The van der Waals surface area contributed by atoms with Crippen LogP contribution in [0.2, 0.25) is 10.0 Å². The monoisotopic (exact) mass is 406 g/mol. The summed E-state index contributed by atoms with van der Waals surface area (Å²) < 4.78 is 1.02. The lowest BCUT2D eigenvalue weighted by Crippen LogP contribution is -2.36. The van der Waals surface area contributed by atoms with Gasteiger partial charge in [0.05, 0.1) is 16.6 Å². The number of nitrogens with zero attached hydrogens (tertiary/aromatic N) is 1. The molecule has 112 valence electrons. The van der Waals surface area contributed by atoms with E-state index >= 15 is 0 Å².